The van der Waals surface area contributed by atoms with E-state index < -0.39 is 16.0 Å². The summed E-state index contributed by atoms with van der Waals surface area (Å²) in [6.45, 7) is 3.79. The molecule has 1 heterocycles. The smallest absolute Gasteiger partial charge is 0.355 e. The van der Waals surface area contributed by atoms with Crippen LogP contribution in [0.25, 0.3) is 10.6 Å². The zero-order valence-corrected chi connectivity index (χ0v) is 13.1. The Balaban J connectivity index is 2.42. The Kier molecular flexibility index (Phi) is 4.40. The molecule has 0 aliphatic heterocycles. The lowest BCUT2D eigenvalue weighted by Crippen LogP contribution is -2.23. The largest absolute Gasteiger partial charge is 0.476 e. The number of nitrogens with one attached hydrogen (secondary N) is 1. The van der Waals surface area contributed by atoms with E-state index in [0.29, 0.717) is 11.6 Å². The molecule has 0 fully saturated rings. The van der Waals surface area contributed by atoms with Crippen molar-refractivity contribution in [2.45, 2.75) is 18.7 Å². The van der Waals surface area contributed by atoms with E-state index >= 15 is 0 Å². The average molecular weight is 326 g/mol. The number of aromatic carboxylic acids is 1. The van der Waals surface area contributed by atoms with Gasteiger partial charge in [-0.15, -0.1) is 11.3 Å². The lowest BCUT2D eigenvalue weighted by Gasteiger charge is -2.08. The lowest BCUT2D eigenvalue weighted by atomic mass is 10.1. The van der Waals surface area contributed by atoms with E-state index in [2.05, 4.69) is 9.71 Å². The number of nitrogens with zero attached hydrogens (tertiary/aromatic N) is 1. The molecule has 2 N–H and O–H groups in total. The Labute approximate surface area is 126 Å². The lowest BCUT2D eigenvalue weighted by molar-refractivity contribution is 0.0691. The van der Waals surface area contributed by atoms with Gasteiger partial charge in [0.25, 0.3) is 0 Å². The Morgan fingerprint density at radius 3 is 2.67 bits per heavy atom. The summed E-state index contributed by atoms with van der Waals surface area (Å²) in [5.41, 5.74) is 1.43. The van der Waals surface area contributed by atoms with Crippen molar-refractivity contribution in [3.63, 3.8) is 0 Å². The van der Waals surface area contributed by atoms with E-state index in [0.717, 1.165) is 11.1 Å². The minimum atomic E-state index is -3.50. The van der Waals surface area contributed by atoms with Crippen LogP contribution in [-0.4, -0.2) is 31.0 Å². The van der Waals surface area contributed by atoms with Gasteiger partial charge in [-0.3, -0.25) is 0 Å². The van der Waals surface area contributed by atoms with E-state index in [1.807, 2.05) is 0 Å². The fourth-order valence-electron chi connectivity index (χ4n) is 1.81. The molecule has 0 unspecified atom stereocenters. The highest BCUT2D eigenvalue weighted by Crippen LogP contribution is 2.28. The van der Waals surface area contributed by atoms with E-state index in [9.17, 15) is 13.2 Å². The summed E-state index contributed by atoms with van der Waals surface area (Å²) in [4.78, 5) is 15.0. The van der Waals surface area contributed by atoms with Crippen molar-refractivity contribution < 1.29 is 18.3 Å². The second kappa shape index (κ2) is 5.92. The molecule has 0 amide bonds. The molecule has 1 aromatic heterocycles. The van der Waals surface area contributed by atoms with Crippen LogP contribution >= 0.6 is 11.3 Å². The fraction of sp³-hybridized carbons (Fsp3) is 0.231. The zero-order valence-electron chi connectivity index (χ0n) is 11.5. The van der Waals surface area contributed by atoms with Crippen LogP contribution in [0.2, 0.25) is 0 Å². The monoisotopic (exact) mass is 326 g/mol. The molecule has 0 bridgehead atoms. The average Bonchev–Trinajstić information content (AvgIpc) is 2.88. The van der Waals surface area contributed by atoms with Crippen LogP contribution in [0.3, 0.4) is 0 Å². The third-order valence-corrected chi connectivity index (χ3v) is 5.22. The molecule has 0 saturated carbocycles. The first-order valence-corrected chi connectivity index (χ1v) is 8.51. The Hall–Kier alpha value is -1.77. The van der Waals surface area contributed by atoms with Crippen LogP contribution in [0, 0.1) is 6.92 Å². The molecule has 6 nitrogen and oxygen atoms in total. The molecule has 0 saturated heterocycles. The van der Waals surface area contributed by atoms with Gasteiger partial charge < -0.3 is 5.11 Å². The van der Waals surface area contributed by atoms with Crippen LogP contribution in [0.1, 0.15) is 23.0 Å². The molecule has 0 aliphatic rings. The van der Waals surface area contributed by atoms with E-state index in [1.165, 1.54) is 22.8 Å². The number of aromatic nitrogens is 1. The number of sulfonamides is 1. The van der Waals surface area contributed by atoms with Crippen LogP contribution in [0.15, 0.2) is 28.5 Å². The highest BCUT2D eigenvalue weighted by molar-refractivity contribution is 7.89. The summed E-state index contributed by atoms with van der Waals surface area (Å²) in [5, 5.41) is 10.9. The van der Waals surface area contributed by atoms with Crippen LogP contribution in [0.5, 0.6) is 0 Å². The molecule has 0 atom stereocenters. The first-order valence-electron chi connectivity index (χ1n) is 6.14. The predicted octanol–water partition coefficient (Wildman–Crippen LogP) is 2.11. The molecule has 0 radical (unpaired) electrons. The molecule has 2 rings (SSSR count). The van der Waals surface area contributed by atoms with Crippen molar-refractivity contribution in [3.05, 3.63) is 34.8 Å². The van der Waals surface area contributed by atoms with Gasteiger partial charge >= 0.3 is 5.97 Å². The van der Waals surface area contributed by atoms with Gasteiger partial charge in [0.05, 0.1) is 4.90 Å². The summed E-state index contributed by atoms with van der Waals surface area (Å²) < 4.78 is 26.3. The number of rotatable bonds is 5. The second-order valence-electron chi connectivity index (χ2n) is 4.32. The quantitative estimate of drug-likeness (QED) is 0.877. The minimum absolute atomic E-state index is 0.0150. The molecule has 1 aromatic carbocycles. The molecule has 21 heavy (non-hydrogen) atoms. The Bertz CT molecular complexity index is 781. The van der Waals surface area contributed by atoms with E-state index in [-0.39, 0.29) is 10.6 Å². The zero-order chi connectivity index (χ0) is 15.6. The molecule has 2 aromatic rings. The molecule has 0 aliphatic carbocycles. The van der Waals surface area contributed by atoms with Gasteiger partial charge in [0, 0.05) is 17.5 Å². The first kappa shape index (κ1) is 15.6. The van der Waals surface area contributed by atoms with E-state index in [4.69, 9.17) is 5.11 Å². The number of carboxylic acids is 1. The number of thiazole rings is 1. The maximum Gasteiger partial charge on any atom is 0.355 e. The standard InChI is InChI=1S/C13H14N2O4S2/c1-3-14-21(18,19)9-4-5-10(8(2)6-9)12-15-11(7-20-12)13(16)17/h4-7,14H,3H2,1-2H3,(H,16,17). The minimum Gasteiger partial charge on any atom is -0.476 e. The molecular formula is C13H14N2O4S2. The fourth-order valence-corrected chi connectivity index (χ4v) is 3.82. The number of hydrogen-bond donors (Lipinski definition) is 2. The maximum absolute atomic E-state index is 11.9. The second-order valence-corrected chi connectivity index (χ2v) is 6.95. The topological polar surface area (TPSA) is 96.4 Å². The normalized spacial score (nSPS) is 11.5. The van der Waals surface area contributed by atoms with Gasteiger partial charge in [-0.05, 0) is 24.6 Å². The van der Waals surface area contributed by atoms with Gasteiger partial charge in [0.15, 0.2) is 5.69 Å². The van der Waals surface area contributed by atoms with E-state index in [1.54, 1.807) is 26.0 Å². The molecule has 8 heteroatoms. The molecule has 112 valence electrons. The van der Waals surface area contributed by atoms with Gasteiger partial charge in [0.1, 0.15) is 5.01 Å². The highest BCUT2D eigenvalue weighted by atomic mass is 32.2. The van der Waals surface area contributed by atoms with Crippen molar-refractivity contribution in [1.29, 1.82) is 0 Å². The third kappa shape index (κ3) is 3.29. The maximum atomic E-state index is 11.9. The summed E-state index contributed by atoms with van der Waals surface area (Å²) in [7, 11) is -3.50. The first-order chi connectivity index (χ1) is 9.85. The van der Waals surface area contributed by atoms with Gasteiger partial charge in [-0.1, -0.05) is 13.0 Å². The van der Waals surface area contributed by atoms with Gasteiger partial charge in [-0.25, -0.2) is 22.9 Å². The van der Waals surface area contributed by atoms with Crippen LogP contribution < -0.4 is 4.72 Å². The van der Waals surface area contributed by atoms with Gasteiger partial charge in [0.2, 0.25) is 10.0 Å². The summed E-state index contributed by atoms with van der Waals surface area (Å²) >= 11 is 1.21. The van der Waals surface area contributed by atoms with Crippen molar-refractivity contribution in [2.75, 3.05) is 6.54 Å². The Morgan fingerprint density at radius 2 is 2.14 bits per heavy atom. The number of carboxylic acid groups (broad SMARTS) is 1. The number of hydrogen-bond acceptors (Lipinski definition) is 5. The number of carbonyl (C=O) groups is 1. The van der Waals surface area contributed by atoms with Crippen LogP contribution in [0.4, 0.5) is 0 Å². The Morgan fingerprint density at radius 1 is 1.43 bits per heavy atom. The van der Waals surface area contributed by atoms with Crippen molar-refractivity contribution >= 4 is 27.3 Å². The summed E-state index contributed by atoms with van der Waals surface area (Å²) in [5.74, 6) is -1.08. The van der Waals surface area contributed by atoms with Crippen molar-refractivity contribution in [2.24, 2.45) is 0 Å². The SMILES string of the molecule is CCNS(=O)(=O)c1ccc(-c2nc(C(=O)O)cs2)c(C)c1. The highest BCUT2D eigenvalue weighted by Gasteiger charge is 2.16. The van der Waals surface area contributed by atoms with Crippen LogP contribution in [-0.2, 0) is 10.0 Å². The third-order valence-electron chi connectivity index (χ3n) is 2.80. The summed E-state index contributed by atoms with van der Waals surface area (Å²) in [6.07, 6.45) is 0. The van der Waals surface area contributed by atoms with Gasteiger partial charge in [-0.2, -0.15) is 0 Å². The predicted molar refractivity (Wildman–Crippen MR) is 80.1 cm³/mol. The molecular weight excluding hydrogens is 312 g/mol. The number of aryl methyl sites for hydroxylation is 1. The molecule has 0 spiro atoms. The number of benzene rings is 1. The van der Waals surface area contributed by atoms with Crippen molar-refractivity contribution in [1.82, 2.24) is 9.71 Å². The summed E-state index contributed by atoms with van der Waals surface area (Å²) in [6, 6.07) is 4.68. The van der Waals surface area contributed by atoms with Crippen molar-refractivity contribution in [3.8, 4) is 10.6 Å².